The molecular formula is C23H21N5O3S. The quantitative estimate of drug-likeness (QED) is 0.403. The van der Waals surface area contributed by atoms with Crippen molar-refractivity contribution < 1.29 is 14.3 Å². The fourth-order valence-corrected chi connectivity index (χ4v) is 4.45. The SMILES string of the molecule is COc1ccc(OC)c2sc(N(CCCn3ccnc3)C(=O)c3ccc(C#N)cc3)nc12. The van der Waals surface area contributed by atoms with E-state index >= 15 is 0 Å². The topological polar surface area (TPSA) is 93.3 Å². The summed E-state index contributed by atoms with van der Waals surface area (Å²) in [5.41, 5.74) is 1.64. The maximum atomic E-state index is 13.5. The van der Waals surface area contributed by atoms with Gasteiger partial charge in [0.1, 0.15) is 21.7 Å². The molecule has 4 rings (SSSR count). The molecule has 9 heteroatoms. The molecular weight excluding hydrogens is 426 g/mol. The number of amides is 1. The first-order valence-corrected chi connectivity index (χ1v) is 10.8. The molecule has 2 heterocycles. The molecule has 2 aromatic heterocycles. The van der Waals surface area contributed by atoms with E-state index in [1.807, 2.05) is 16.8 Å². The van der Waals surface area contributed by atoms with Gasteiger partial charge in [-0.15, -0.1) is 0 Å². The van der Waals surface area contributed by atoms with Crippen molar-refractivity contribution in [2.45, 2.75) is 13.0 Å². The number of rotatable bonds is 8. The van der Waals surface area contributed by atoms with E-state index in [0.29, 0.717) is 52.8 Å². The van der Waals surface area contributed by atoms with Gasteiger partial charge < -0.3 is 14.0 Å². The summed E-state index contributed by atoms with van der Waals surface area (Å²) in [5, 5.41) is 9.61. The lowest BCUT2D eigenvalue weighted by Crippen LogP contribution is -2.32. The van der Waals surface area contributed by atoms with Crippen molar-refractivity contribution in [2.24, 2.45) is 0 Å². The van der Waals surface area contributed by atoms with Crippen LogP contribution in [0.1, 0.15) is 22.3 Å². The lowest BCUT2D eigenvalue weighted by molar-refractivity contribution is 0.0986. The fraction of sp³-hybridized carbons (Fsp3) is 0.217. The standard InChI is InChI=1S/C23H21N5O3S/c1-30-18-8-9-19(31-2)21-20(18)26-23(32-21)28(12-3-11-27-13-10-25-15-27)22(29)17-6-4-16(14-24)5-7-17/h4-10,13,15H,3,11-12H2,1-2H3. The Bertz CT molecular complexity index is 1220. The number of nitrogens with zero attached hydrogens (tertiary/aromatic N) is 5. The minimum atomic E-state index is -0.183. The second-order valence-corrected chi connectivity index (χ2v) is 7.92. The number of carbonyl (C=O) groups is 1. The fourth-order valence-electron chi connectivity index (χ4n) is 3.35. The van der Waals surface area contributed by atoms with E-state index in [-0.39, 0.29) is 5.91 Å². The number of aromatic nitrogens is 3. The first kappa shape index (κ1) is 21.3. The molecule has 0 saturated heterocycles. The second kappa shape index (κ2) is 9.49. The van der Waals surface area contributed by atoms with Crippen molar-refractivity contribution in [2.75, 3.05) is 25.7 Å². The highest BCUT2D eigenvalue weighted by Gasteiger charge is 2.23. The Kier molecular flexibility index (Phi) is 6.33. The van der Waals surface area contributed by atoms with Gasteiger partial charge in [0.2, 0.25) is 0 Å². The number of hydrogen-bond acceptors (Lipinski definition) is 7. The molecule has 0 aliphatic rings. The zero-order valence-electron chi connectivity index (χ0n) is 17.7. The van der Waals surface area contributed by atoms with Crippen LogP contribution < -0.4 is 14.4 Å². The first-order valence-electron chi connectivity index (χ1n) is 9.94. The zero-order valence-corrected chi connectivity index (χ0v) is 18.5. The molecule has 1 amide bonds. The van der Waals surface area contributed by atoms with Gasteiger partial charge >= 0.3 is 0 Å². The molecule has 0 saturated carbocycles. The van der Waals surface area contributed by atoms with Crippen molar-refractivity contribution in [3.05, 3.63) is 66.2 Å². The Morgan fingerprint density at radius 3 is 2.56 bits per heavy atom. The van der Waals surface area contributed by atoms with Gasteiger partial charge in [0.15, 0.2) is 5.13 Å². The maximum Gasteiger partial charge on any atom is 0.260 e. The molecule has 8 nitrogen and oxygen atoms in total. The molecule has 0 bridgehead atoms. The van der Waals surface area contributed by atoms with Crippen LogP contribution in [-0.4, -0.2) is 41.2 Å². The number of fused-ring (bicyclic) bond motifs is 1. The van der Waals surface area contributed by atoms with Crippen molar-refractivity contribution in [3.8, 4) is 17.6 Å². The maximum absolute atomic E-state index is 13.5. The van der Waals surface area contributed by atoms with Crippen LogP contribution in [0.4, 0.5) is 5.13 Å². The Morgan fingerprint density at radius 2 is 1.91 bits per heavy atom. The summed E-state index contributed by atoms with van der Waals surface area (Å²) >= 11 is 1.38. The number of carbonyl (C=O) groups excluding carboxylic acids is 1. The average Bonchev–Trinajstić information content (AvgIpc) is 3.51. The van der Waals surface area contributed by atoms with E-state index in [0.717, 1.165) is 4.70 Å². The van der Waals surface area contributed by atoms with E-state index in [4.69, 9.17) is 19.7 Å². The molecule has 0 spiro atoms. The smallest absolute Gasteiger partial charge is 0.260 e. The Balaban J connectivity index is 1.70. The molecule has 32 heavy (non-hydrogen) atoms. The number of aryl methyl sites for hydroxylation is 1. The van der Waals surface area contributed by atoms with E-state index in [9.17, 15) is 4.79 Å². The van der Waals surface area contributed by atoms with Gasteiger partial charge in [-0.05, 0) is 42.8 Å². The van der Waals surface area contributed by atoms with E-state index in [1.165, 1.54) is 11.3 Å². The number of anilines is 1. The summed E-state index contributed by atoms with van der Waals surface area (Å²) < 4.78 is 13.7. The van der Waals surface area contributed by atoms with Crippen molar-refractivity contribution in [3.63, 3.8) is 0 Å². The highest BCUT2D eigenvalue weighted by molar-refractivity contribution is 7.22. The van der Waals surface area contributed by atoms with E-state index in [2.05, 4.69) is 11.1 Å². The van der Waals surface area contributed by atoms with Gasteiger partial charge in [0, 0.05) is 31.0 Å². The first-order chi connectivity index (χ1) is 15.6. The summed E-state index contributed by atoms with van der Waals surface area (Å²) in [7, 11) is 3.19. The van der Waals surface area contributed by atoms with Crippen LogP contribution >= 0.6 is 11.3 Å². The molecule has 0 unspecified atom stereocenters. The molecule has 0 radical (unpaired) electrons. The minimum absolute atomic E-state index is 0.183. The number of benzene rings is 2. The molecule has 0 N–H and O–H groups in total. The lowest BCUT2D eigenvalue weighted by Gasteiger charge is -2.20. The number of methoxy groups -OCH3 is 2. The second-order valence-electron chi connectivity index (χ2n) is 6.94. The third kappa shape index (κ3) is 4.26. The predicted octanol–water partition coefficient (Wildman–Crippen LogP) is 4.12. The minimum Gasteiger partial charge on any atom is -0.495 e. The summed E-state index contributed by atoms with van der Waals surface area (Å²) in [4.78, 5) is 23.9. The largest absolute Gasteiger partial charge is 0.495 e. The Labute approximate surface area is 189 Å². The van der Waals surface area contributed by atoms with Gasteiger partial charge in [-0.25, -0.2) is 9.97 Å². The summed E-state index contributed by atoms with van der Waals surface area (Å²) in [6.07, 6.45) is 6.08. The monoisotopic (exact) mass is 447 g/mol. The highest BCUT2D eigenvalue weighted by atomic mass is 32.1. The predicted molar refractivity (Wildman–Crippen MR) is 122 cm³/mol. The third-order valence-corrected chi connectivity index (χ3v) is 6.09. The van der Waals surface area contributed by atoms with Gasteiger partial charge in [-0.1, -0.05) is 11.3 Å². The number of ether oxygens (including phenoxy) is 2. The van der Waals surface area contributed by atoms with E-state index < -0.39 is 0 Å². The van der Waals surface area contributed by atoms with Crippen LogP contribution in [0.2, 0.25) is 0 Å². The number of imidazole rings is 1. The Hall–Kier alpha value is -3.90. The van der Waals surface area contributed by atoms with Crippen molar-refractivity contribution in [1.82, 2.24) is 14.5 Å². The van der Waals surface area contributed by atoms with Crippen LogP contribution in [0.5, 0.6) is 11.5 Å². The van der Waals surface area contributed by atoms with Crippen LogP contribution in [0, 0.1) is 11.3 Å². The lowest BCUT2D eigenvalue weighted by atomic mass is 10.1. The van der Waals surface area contributed by atoms with Crippen molar-refractivity contribution in [1.29, 1.82) is 5.26 Å². The number of hydrogen-bond donors (Lipinski definition) is 0. The molecule has 0 aliphatic carbocycles. The van der Waals surface area contributed by atoms with Gasteiger partial charge in [0.25, 0.3) is 5.91 Å². The number of nitriles is 1. The molecule has 2 aromatic carbocycles. The van der Waals surface area contributed by atoms with Crippen LogP contribution in [0.3, 0.4) is 0 Å². The summed E-state index contributed by atoms with van der Waals surface area (Å²) in [6.45, 7) is 1.18. The third-order valence-electron chi connectivity index (χ3n) is 4.99. The molecule has 0 fully saturated rings. The normalized spacial score (nSPS) is 10.7. The van der Waals surface area contributed by atoms with Crippen LogP contribution in [0.25, 0.3) is 10.2 Å². The van der Waals surface area contributed by atoms with Crippen molar-refractivity contribution >= 4 is 32.6 Å². The van der Waals surface area contributed by atoms with Crippen LogP contribution in [0.15, 0.2) is 55.1 Å². The summed E-state index contributed by atoms with van der Waals surface area (Å²) in [5.74, 6) is 1.11. The summed E-state index contributed by atoms with van der Waals surface area (Å²) in [6, 6.07) is 12.3. The van der Waals surface area contributed by atoms with Gasteiger partial charge in [-0.2, -0.15) is 5.26 Å². The zero-order chi connectivity index (χ0) is 22.5. The molecule has 4 aromatic rings. The Morgan fingerprint density at radius 1 is 1.16 bits per heavy atom. The van der Waals surface area contributed by atoms with E-state index in [1.54, 1.807) is 62.0 Å². The van der Waals surface area contributed by atoms with Gasteiger partial charge in [-0.3, -0.25) is 9.69 Å². The molecule has 162 valence electrons. The number of thiazole rings is 1. The molecule has 0 aliphatic heterocycles. The van der Waals surface area contributed by atoms with Gasteiger partial charge in [0.05, 0.1) is 32.2 Å². The average molecular weight is 448 g/mol. The highest BCUT2D eigenvalue weighted by Crippen LogP contribution is 2.40. The van der Waals surface area contributed by atoms with Crippen LogP contribution in [-0.2, 0) is 6.54 Å². The molecule has 0 atom stereocenters.